The van der Waals surface area contributed by atoms with Crippen molar-refractivity contribution in [3.8, 4) is 5.75 Å². The molecule has 5 nitrogen and oxygen atoms in total. The van der Waals surface area contributed by atoms with E-state index in [1.807, 2.05) is 68.6 Å². The lowest BCUT2D eigenvalue weighted by Gasteiger charge is -2.15. The summed E-state index contributed by atoms with van der Waals surface area (Å²) in [5.41, 5.74) is 3.58. The number of pyridine rings is 1. The Morgan fingerprint density at radius 1 is 1.28 bits per heavy atom. The molecular weight excluding hydrogens is 382 g/mol. The number of nitrogens with zero attached hydrogens (tertiary/aromatic N) is 2. The number of aromatic nitrogens is 2. The maximum Gasteiger partial charge on any atom is 0.274 e. The maximum atomic E-state index is 12.9. The number of amides is 1. The van der Waals surface area contributed by atoms with Crippen LogP contribution in [0.15, 0.2) is 41.0 Å². The summed E-state index contributed by atoms with van der Waals surface area (Å²) in [5.74, 6) is 0.428. The average Bonchev–Trinajstić information content (AvgIpc) is 2.85. The highest BCUT2D eigenvalue weighted by molar-refractivity contribution is 9.10. The monoisotopic (exact) mass is 401 g/mol. The third-order valence-electron chi connectivity index (χ3n) is 3.70. The average molecular weight is 402 g/mol. The van der Waals surface area contributed by atoms with Gasteiger partial charge in [0, 0.05) is 6.20 Å². The number of nitrogens with one attached hydrogen (secondary N) is 1. The second-order valence-corrected chi connectivity index (χ2v) is 7.08. The molecule has 1 aromatic carbocycles. The van der Waals surface area contributed by atoms with Crippen LogP contribution in [-0.2, 0) is 0 Å². The van der Waals surface area contributed by atoms with E-state index in [1.165, 1.54) is 0 Å². The number of fused-ring (bicyclic) bond motifs is 1. The Balaban J connectivity index is 2.00. The van der Waals surface area contributed by atoms with Gasteiger partial charge in [0.2, 0.25) is 0 Å². The highest BCUT2D eigenvalue weighted by atomic mass is 79.9. The number of para-hydroxylation sites is 2. The Hall–Kier alpha value is -2.34. The van der Waals surface area contributed by atoms with Gasteiger partial charge in [0.25, 0.3) is 5.91 Å². The zero-order chi connectivity index (χ0) is 18.1. The molecular formula is C19H20BrN3O2. The van der Waals surface area contributed by atoms with Crippen molar-refractivity contribution >= 4 is 33.2 Å². The van der Waals surface area contributed by atoms with Crippen molar-refractivity contribution in [2.45, 2.75) is 33.8 Å². The third kappa shape index (κ3) is 3.54. The number of aryl methyl sites for hydroxylation is 2. The third-order valence-corrected chi connectivity index (χ3v) is 4.28. The van der Waals surface area contributed by atoms with Crippen LogP contribution in [0.4, 0.5) is 5.69 Å². The first-order valence-corrected chi connectivity index (χ1v) is 8.88. The van der Waals surface area contributed by atoms with E-state index in [2.05, 4.69) is 26.2 Å². The molecule has 0 fully saturated rings. The Labute approximate surface area is 155 Å². The normalized spacial score (nSPS) is 11.1. The van der Waals surface area contributed by atoms with Gasteiger partial charge in [0.1, 0.15) is 11.4 Å². The molecule has 0 aliphatic rings. The first kappa shape index (κ1) is 17.5. The maximum absolute atomic E-state index is 12.9. The first-order chi connectivity index (χ1) is 11.9. The van der Waals surface area contributed by atoms with Crippen LogP contribution < -0.4 is 10.1 Å². The lowest BCUT2D eigenvalue weighted by atomic mass is 10.2. The van der Waals surface area contributed by atoms with Gasteiger partial charge in [-0.3, -0.25) is 9.20 Å². The Morgan fingerprint density at radius 3 is 2.72 bits per heavy atom. The van der Waals surface area contributed by atoms with Gasteiger partial charge in [-0.05, 0) is 67.4 Å². The van der Waals surface area contributed by atoms with E-state index in [9.17, 15) is 4.79 Å². The fourth-order valence-electron chi connectivity index (χ4n) is 2.73. The van der Waals surface area contributed by atoms with Gasteiger partial charge in [-0.1, -0.05) is 12.1 Å². The van der Waals surface area contributed by atoms with E-state index >= 15 is 0 Å². The number of halogens is 1. The van der Waals surface area contributed by atoms with Gasteiger partial charge in [-0.25, -0.2) is 4.98 Å². The number of hydrogen-bond acceptors (Lipinski definition) is 3. The summed E-state index contributed by atoms with van der Waals surface area (Å²) in [7, 11) is 0. The van der Waals surface area contributed by atoms with Crippen LogP contribution in [-0.4, -0.2) is 21.4 Å². The van der Waals surface area contributed by atoms with Gasteiger partial charge in [-0.15, -0.1) is 0 Å². The topological polar surface area (TPSA) is 55.6 Å². The highest BCUT2D eigenvalue weighted by Crippen LogP contribution is 2.27. The van der Waals surface area contributed by atoms with Crippen molar-refractivity contribution in [2.24, 2.45) is 0 Å². The van der Waals surface area contributed by atoms with E-state index in [0.717, 1.165) is 15.7 Å². The predicted octanol–water partition coefficient (Wildman–Crippen LogP) is 4.75. The van der Waals surface area contributed by atoms with Crippen LogP contribution in [0.2, 0.25) is 0 Å². The molecule has 0 aliphatic heterocycles. The van der Waals surface area contributed by atoms with Gasteiger partial charge >= 0.3 is 0 Å². The van der Waals surface area contributed by atoms with Crippen LogP contribution in [0.1, 0.15) is 35.6 Å². The number of imidazole rings is 1. The Morgan fingerprint density at radius 2 is 2.00 bits per heavy atom. The molecule has 0 saturated carbocycles. The van der Waals surface area contributed by atoms with Crippen LogP contribution in [0.5, 0.6) is 5.75 Å². The molecule has 25 heavy (non-hydrogen) atoms. The van der Waals surface area contributed by atoms with Crippen molar-refractivity contribution in [2.75, 3.05) is 5.32 Å². The Bertz CT molecular complexity index is 947. The quantitative estimate of drug-likeness (QED) is 0.685. The first-order valence-electron chi connectivity index (χ1n) is 8.08. The Kier molecular flexibility index (Phi) is 4.81. The lowest BCUT2D eigenvalue weighted by Crippen LogP contribution is -2.17. The molecule has 3 aromatic rings. The van der Waals surface area contributed by atoms with Crippen molar-refractivity contribution < 1.29 is 9.53 Å². The number of anilines is 1. The van der Waals surface area contributed by atoms with E-state index in [0.29, 0.717) is 22.8 Å². The number of hydrogen-bond donors (Lipinski definition) is 1. The minimum atomic E-state index is -0.220. The molecule has 6 heteroatoms. The summed E-state index contributed by atoms with van der Waals surface area (Å²) in [6, 6.07) is 9.40. The van der Waals surface area contributed by atoms with Crippen LogP contribution >= 0.6 is 15.9 Å². The smallest absolute Gasteiger partial charge is 0.274 e. The van der Waals surface area contributed by atoms with E-state index in [-0.39, 0.29) is 12.0 Å². The molecule has 130 valence electrons. The second kappa shape index (κ2) is 6.88. The second-order valence-electron chi connectivity index (χ2n) is 6.22. The number of carbonyl (C=O) groups excluding carboxylic acids is 1. The summed E-state index contributed by atoms with van der Waals surface area (Å²) in [4.78, 5) is 17.4. The zero-order valence-electron chi connectivity index (χ0n) is 14.6. The van der Waals surface area contributed by atoms with Gasteiger partial charge < -0.3 is 10.1 Å². The predicted molar refractivity (Wildman–Crippen MR) is 103 cm³/mol. The molecule has 0 aliphatic carbocycles. The number of rotatable bonds is 4. The molecule has 0 saturated heterocycles. The van der Waals surface area contributed by atoms with Crippen molar-refractivity contribution in [3.05, 3.63) is 58.0 Å². The summed E-state index contributed by atoms with van der Waals surface area (Å²) in [6.07, 6.45) is 1.93. The number of carbonyl (C=O) groups is 1. The van der Waals surface area contributed by atoms with Crippen molar-refractivity contribution in [1.29, 1.82) is 0 Å². The fraction of sp³-hybridized carbons (Fsp3) is 0.263. The minimum Gasteiger partial charge on any atom is -0.489 e. The summed E-state index contributed by atoms with van der Waals surface area (Å²) < 4.78 is 8.45. The summed E-state index contributed by atoms with van der Waals surface area (Å²) >= 11 is 3.51. The lowest BCUT2D eigenvalue weighted by molar-refractivity contribution is 0.102. The molecule has 3 rings (SSSR count). The van der Waals surface area contributed by atoms with Crippen molar-refractivity contribution in [1.82, 2.24) is 9.38 Å². The van der Waals surface area contributed by atoms with Crippen LogP contribution in [0.25, 0.3) is 5.65 Å². The highest BCUT2D eigenvalue weighted by Gasteiger charge is 2.19. The van der Waals surface area contributed by atoms with E-state index < -0.39 is 0 Å². The van der Waals surface area contributed by atoms with Crippen LogP contribution in [0.3, 0.4) is 0 Å². The molecule has 0 bridgehead atoms. The molecule has 0 atom stereocenters. The molecule has 1 amide bonds. The summed E-state index contributed by atoms with van der Waals surface area (Å²) in [5, 5.41) is 2.95. The standard InChI is InChI=1S/C19H20BrN3O2/c1-11(2)25-16-8-6-5-7-15(16)22-19(24)17-13(4)21-18-14(20)9-12(3)10-23(17)18/h5-11H,1-4H3,(H,22,24). The van der Waals surface area contributed by atoms with E-state index in [4.69, 9.17) is 4.74 Å². The van der Waals surface area contributed by atoms with Gasteiger partial charge in [0.05, 0.1) is 22.0 Å². The zero-order valence-corrected chi connectivity index (χ0v) is 16.2. The largest absolute Gasteiger partial charge is 0.489 e. The summed E-state index contributed by atoms with van der Waals surface area (Å²) in [6.45, 7) is 7.72. The molecule has 2 aromatic heterocycles. The van der Waals surface area contributed by atoms with Gasteiger partial charge in [0.15, 0.2) is 5.65 Å². The molecule has 0 unspecified atom stereocenters. The fourth-order valence-corrected chi connectivity index (χ4v) is 3.37. The van der Waals surface area contributed by atoms with Gasteiger partial charge in [-0.2, -0.15) is 0 Å². The number of ether oxygens (including phenoxy) is 1. The van der Waals surface area contributed by atoms with Crippen LogP contribution in [0, 0.1) is 13.8 Å². The van der Waals surface area contributed by atoms with E-state index in [1.54, 1.807) is 0 Å². The molecule has 2 heterocycles. The molecule has 0 spiro atoms. The SMILES string of the molecule is Cc1cc(Br)c2nc(C)c(C(=O)Nc3ccccc3OC(C)C)n2c1. The molecule has 1 N–H and O–H groups in total. The molecule has 0 radical (unpaired) electrons. The van der Waals surface area contributed by atoms with Crippen molar-refractivity contribution in [3.63, 3.8) is 0 Å². The minimum absolute atomic E-state index is 0.0224. The number of benzene rings is 1.